The molecule has 0 aliphatic carbocycles. The molecular weight excluding hydrogens is 282 g/mol. The zero-order valence-corrected chi connectivity index (χ0v) is 12.8. The van der Waals surface area contributed by atoms with Gasteiger partial charge in [0.1, 0.15) is 6.04 Å². The van der Waals surface area contributed by atoms with E-state index in [-0.39, 0.29) is 5.92 Å². The van der Waals surface area contributed by atoms with Gasteiger partial charge in [-0.1, -0.05) is 31.5 Å². The van der Waals surface area contributed by atoms with Crippen LogP contribution in [0.1, 0.15) is 19.4 Å². The summed E-state index contributed by atoms with van der Waals surface area (Å²) in [6.45, 7) is 4.04. The van der Waals surface area contributed by atoms with Gasteiger partial charge in [-0.2, -0.15) is 0 Å². The van der Waals surface area contributed by atoms with Gasteiger partial charge in [0.05, 0.1) is 19.2 Å². The molecule has 20 heavy (non-hydrogen) atoms. The van der Waals surface area contributed by atoms with Crippen molar-refractivity contribution in [2.24, 2.45) is 5.92 Å². The monoisotopic (exact) mass is 301 g/mol. The van der Waals surface area contributed by atoms with Crippen LogP contribution in [-0.2, 0) is 11.3 Å². The van der Waals surface area contributed by atoms with Crippen LogP contribution >= 0.6 is 11.6 Å². The maximum Gasteiger partial charge on any atom is 0.320 e. The van der Waals surface area contributed by atoms with Crippen molar-refractivity contribution in [3.05, 3.63) is 22.7 Å². The fourth-order valence-corrected chi connectivity index (χ4v) is 2.19. The number of halogens is 1. The predicted molar refractivity (Wildman–Crippen MR) is 77.7 cm³/mol. The first-order valence-corrected chi connectivity index (χ1v) is 6.65. The number of rotatable bonds is 7. The van der Waals surface area contributed by atoms with Crippen LogP contribution in [0.5, 0.6) is 11.5 Å². The van der Waals surface area contributed by atoms with Crippen LogP contribution in [0, 0.1) is 5.92 Å². The van der Waals surface area contributed by atoms with Crippen LogP contribution in [0.3, 0.4) is 0 Å². The van der Waals surface area contributed by atoms with Crippen LogP contribution < -0.4 is 14.8 Å². The second kappa shape index (κ2) is 7.36. The topological polar surface area (TPSA) is 67.8 Å². The van der Waals surface area contributed by atoms with Crippen molar-refractivity contribution in [3.8, 4) is 11.5 Å². The minimum atomic E-state index is -0.878. The predicted octanol–water partition coefficient (Wildman–Crippen LogP) is 2.56. The summed E-state index contributed by atoms with van der Waals surface area (Å²) in [6.07, 6.45) is 0. The number of benzene rings is 1. The van der Waals surface area contributed by atoms with E-state index in [1.165, 1.54) is 14.2 Å². The van der Waals surface area contributed by atoms with Crippen molar-refractivity contribution in [1.29, 1.82) is 0 Å². The molecule has 0 spiro atoms. The van der Waals surface area contributed by atoms with E-state index in [1.54, 1.807) is 12.1 Å². The Morgan fingerprint density at radius 1 is 1.35 bits per heavy atom. The molecule has 0 fully saturated rings. The van der Waals surface area contributed by atoms with E-state index in [2.05, 4.69) is 5.32 Å². The SMILES string of the molecule is COc1ccc(CN[C@@H](C(=O)O)C(C)C)c(Cl)c1OC. The van der Waals surface area contributed by atoms with E-state index in [0.29, 0.717) is 23.1 Å². The van der Waals surface area contributed by atoms with E-state index < -0.39 is 12.0 Å². The summed E-state index contributed by atoms with van der Waals surface area (Å²) in [4.78, 5) is 11.1. The number of ether oxygens (including phenoxy) is 2. The molecule has 0 saturated carbocycles. The van der Waals surface area contributed by atoms with E-state index in [1.807, 2.05) is 13.8 Å². The molecule has 0 saturated heterocycles. The number of methoxy groups -OCH3 is 2. The Balaban J connectivity index is 2.91. The molecule has 5 nitrogen and oxygen atoms in total. The molecule has 1 aromatic carbocycles. The van der Waals surface area contributed by atoms with Crippen LogP contribution in [-0.4, -0.2) is 31.3 Å². The molecule has 1 atom stereocenters. The smallest absolute Gasteiger partial charge is 0.320 e. The number of carboxylic acids is 1. The molecular formula is C14H20ClNO4. The molecule has 1 rings (SSSR count). The molecule has 0 aliphatic rings. The summed E-state index contributed by atoms with van der Waals surface area (Å²) in [5.41, 5.74) is 0.760. The fraction of sp³-hybridized carbons (Fsp3) is 0.500. The Bertz CT molecular complexity index is 476. The first-order chi connectivity index (χ1) is 9.42. The fourth-order valence-electron chi connectivity index (χ4n) is 1.89. The van der Waals surface area contributed by atoms with Gasteiger partial charge in [-0.05, 0) is 17.5 Å². The van der Waals surface area contributed by atoms with Crippen molar-refractivity contribution in [3.63, 3.8) is 0 Å². The molecule has 2 N–H and O–H groups in total. The molecule has 0 amide bonds. The highest BCUT2D eigenvalue weighted by Crippen LogP contribution is 2.37. The standard InChI is InChI=1S/C14H20ClNO4/c1-8(2)12(14(17)18)16-7-9-5-6-10(19-3)13(20-4)11(9)15/h5-6,8,12,16H,7H2,1-4H3,(H,17,18)/t12-/m1/s1. The zero-order valence-electron chi connectivity index (χ0n) is 12.1. The molecule has 6 heteroatoms. The molecule has 0 radical (unpaired) electrons. The van der Waals surface area contributed by atoms with Crippen molar-refractivity contribution >= 4 is 17.6 Å². The lowest BCUT2D eigenvalue weighted by atomic mass is 10.0. The average molecular weight is 302 g/mol. The normalized spacial score (nSPS) is 12.3. The van der Waals surface area contributed by atoms with Gasteiger partial charge in [0.25, 0.3) is 0 Å². The first-order valence-electron chi connectivity index (χ1n) is 6.27. The summed E-state index contributed by atoms with van der Waals surface area (Å²) < 4.78 is 10.4. The van der Waals surface area contributed by atoms with Gasteiger partial charge in [0.15, 0.2) is 11.5 Å². The average Bonchev–Trinajstić information content (AvgIpc) is 2.39. The molecule has 0 bridgehead atoms. The molecule has 0 unspecified atom stereocenters. The van der Waals surface area contributed by atoms with E-state index in [4.69, 9.17) is 26.2 Å². The van der Waals surface area contributed by atoms with Gasteiger partial charge < -0.3 is 19.9 Å². The molecule has 112 valence electrons. The minimum Gasteiger partial charge on any atom is -0.493 e. The highest BCUT2D eigenvalue weighted by atomic mass is 35.5. The largest absolute Gasteiger partial charge is 0.493 e. The van der Waals surface area contributed by atoms with Gasteiger partial charge in [-0.15, -0.1) is 0 Å². The van der Waals surface area contributed by atoms with Crippen LogP contribution in [0.2, 0.25) is 5.02 Å². The lowest BCUT2D eigenvalue weighted by molar-refractivity contribution is -0.140. The van der Waals surface area contributed by atoms with Crippen molar-refractivity contribution in [2.45, 2.75) is 26.4 Å². The summed E-state index contributed by atoms with van der Waals surface area (Å²) in [5, 5.41) is 12.5. The molecule has 1 aromatic rings. The number of aliphatic carboxylic acids is 1. The first kappa shape index (κ1) is 16.6. The highest BCUT2D eigenvalue weighted by molar-refractivity contribution is 6.33. The third-order valence-electron chi connectivity index (χ3n) is 3.01. The van der Waals surface area contributed by atoms with Gasteiger partial charge in [0, 0.05) is 6.54 Å². The van der Waals surface area contributed by atoms with Crippen LogP contribution in [0.4, 0.5) is 0 Å². The van der Waals surface area contributed by atoms with E-state index in [0.717, 1.165) is 5.56 Å². The van der Waals surface area contributed by atoms with Crippen molar-refractivity contribution in [1.82, 2.24) is 5.32 Å². The van der Waals surface area contributed by atoms with Gasteiger partial charge >= 0.3 is 5.97 Å². The minimum absolute atomic E-state index is 0.0218. The quantitative estimate of drug-likeness (QED) is 0.810. The van der Waals surface area contributed by atoms with Crippen molar-refractivity contribution in [2.75, 3.05) is 14.2 Å². The van der Waals surface area contributed by atoms with Gasteiger partial charge in [-0.3, -0.25) is 4.79 Å². The Labute approximate surface area is 123 Å². The third-order valence-corrected chi connectivity index (χ3v) is 3.42. The Morgan fingerprint density at radius 3 is 2.45 bits per heavy atom. The maximum atomic E-state index is 11.1. The number of hydrogen-bond acceptors (Lipinski definition) is 4. The Kier molecular flexibility index (Phi) is 6.10. The van der Waals surface area contributed by atoms with Gasteiger partial charge in [0.2, 0.25) is 0 Å². The Hall–Kier alpha value is -1.46. The van der Waals surface area contributed by atoms with E-state index in [9.17, 15) is 4.79 Å². The summed E-state index contributed by atoms with van der Waals surface area (Å²) in [7, 11) is 3.04. The third kappa shape index (κ3) is 3.77. The van der Waals surface area contributed by atoms with E-state index >= 15 is 0 Å². The summed E-state index contributed by atoms with van der Waals surface area (Å²) in [6, 6.07) is 2.90. The summed E-state index contributed by atoms with van der Waals surface area (Å²) >= 11 is 6.24. The van der Waals surface area contributed by atoms with Gasteiger partial charge in [-0.25, -0.2) is 0 Å². The second-order valence-corrected chi connectivity index (χ2v) is 5.09. The second-order valence-electron chi connectivity index (χ2n) is 4.72. The van der Waals surface area contributed by atoms with Crippen LogP contribution in [0.15, 0.2) is 12.1 Å². The molecule has 0 aromatic heterocycles. The molecule has 0 heterocycles. The van der Waals surface area contributed by atoms with Crippen molar-refractivity contribution < 1.29 is 19.4 Å². The zero-order chi connectivity index (χ0) is 15.3. The number of nitrogens with one attached hydrogen (secondary N) is 1. The maximum absolute atomic E-state index is 11.1. The number of carboxylic acid groups (broad SMARTS) is 1. The number of hydrogen-bond donors (Lipinski definition) is 2. The number of carbonyl (C=O) groups is 1. The lowest BCUT2D eigenvalue weighted by Gasteiger charge is -2.19. The molecule has 0 aliphatic heterocycles. The van der Waals surface area contributed by atoms with Crippen LogP contribution in [0.25, 0.3) is 0 Å². The summed E-state index contributed by atoms with van der Waals surface area (Å²) in [5.74, 6) is 0.0906. The highest BCUT2D eigenvalue weighted by Gasteiger charge is 2.21. The Morgan fingerprint density at radius 2 is 2.00 bits per heavy atom. The lowest BCUT2D eigenvalue weighted by Crippen LogP contribution is -2.40.